The lowest BCUT2D eigenvalue weighted by atomic mass is 9.90. The van der Waals surface area contributed by atoms with Gasteiger partial charge in [0.2, 0.25) is 11.9 Å². The van der Waals surface area contributed by atoms with Crippen molar-refractivity contribution in [3.63, 3.8) is 0 Å². The number of nitrogens with one attached hydrogen (secondary N) is 2. The molecule has 2 aromatic rings. The maximum atomic E-state index is 13.0. The van der Waals surface area contributed by atoms with Gasteiger partial charge < -0.3 is 15.5 Å². The van der Waals surface area contributed by atoms with Gasteiger partial charge in [0.1, 0.15) is 5.82 Å². The molecular formula is C24H30N6O2. The van der Waals surface area contributed by atoms with E-state index in [1.807, 2.05) is 17.0 Å². The Balaban J connectivity index is 1.49. The number of carbonyl (C=O) groups excluding carboxylic acids is 2. The molecule has 8 heteroatoms. The van der Waals surface area contributed by atoms with E-state index in [1.54, 1.807) is 18.3 Å². The summed E-state index contributed by atoms with van der Waals surface area (Å²) < 4.78 is 0. The molecule has 0 spiro atoms. The van der Waals surface area contributed by atoms with Crippen molar-refractivity contribution in [2.45, 2.75) is 45.1 Å². The number of rotatable bonds is 1. The number of benzene rings is 1. The van der Waals surface area contributed by atoms with Gasteiger partial charge in [-0.25, -0.2) is 4.98 Å². The molecule has 3 unspecified atom stereocenters. The standard InChI is InChI=1S/C24H30N6O2/c1-2-20-12-16-4-3-10-29(15-16)11-9-25-23(32)17-5-7-19(8-6-17)27-24-26-14-18-13-21(31)30(20)22(18)28-24/h5-8,14,16,20H,2-4,9-13,15H2,1H3,(H,25,32)(H,26,27,28). The van der Waals surface area contributed by atoms with Crippen molar-refractivity contribution < 1.29 is 9.59 Å². The maximum Gasteiger partial charge on any atom is 0.251 e. The van der Waals surface area contributed by atoms with E-state index in [0.717, 1.165) is 56.0 Å². The molecule has 8 nitrogen and oxygen atoms in total. The largest absolute Gasteiger partial charge is 0.351 e. The molecule has 3 atom stereocenters. The van der Waals surface area contributed by atoms with Crippen LogP contribution in [-0.2, 0) is 11.2 Å². The fourth-order valence-corrected chi connectivity index (χ4v) is 5.18. The molecular weight excluding hydrogens is 404 g/mol. The Kier molecular flexibility index (Phi) is 5.78. The van der Waals surface area contributed by atoms with E-state index in [2.05, 4.69) is 27.4 Å². The zero-order valence-corrected chi connectivity index (χ0v) is 18.5. The summed E-state index contributed by atoms with van der Waals surface area (Å²) in [6, 6.07) is 7.43. The minimum atomic E-state index is -0.0554. The quantitative estimate of drug-likeness (QED) is 0.717. The van der Waals surface area contributed by atoms with Gasteiger partial charge in [-0.3, -0.25) is 14.5 Å². The third-order valence-corrected chi connectivity index (χ3v) is 6.84. The molecule has 32 heavy (non-hydrogen) atoms. The first-order valence-electron chi connectivity index (χ1n) is 11.7. The van der Waals surface area contributed by atoms with E-state index in [1.165, 1.54) is 6.42 Å². The summed E-state index contributed by atoms with van der Waals surface area (Å²) in [6.45, 7) is 5.70. The van der Waals surface area contributed by atoms with Crippen LogP contribution in [0.4, 0.5) is 17.5 Å². The van der Waals surface area contributed by atoms with Crippen LogP contribution in [0.5, 0.6) is 0 Å². The molecule has 4 aliphatic rings. The Morgan fingerprint density at radius 1 is 1.16 bits per heavy atom. The Labute approximate surface area is 188 Å². The van der Waals surface area contributed by atoms with Crippen molar-refractivity contribution in [3.8, 4) is 0 Å². The Morgan fingerprint density at radius 2 is 2.00 bits per heavy atom. The maximum absolute atomic E-state index is 13.0. The average Bonchev–Trinajstić information content (AvgIpc) is 3.12. The zero-order valence-electron chi connectivity index (χ0n) is 18.5. The first-order chi connectivity index (χ1) is 15.6. The van der Waals surface area contributed by atoms with Crippen molar-refractivity contribution in [1.82, 2.24) is 20.2 Å². The van der Waals surface area contributed by atoms with Gasteiger partial charge in [0, 0.05) is 48.7 Å². The third-order valence-electron chi connectivity index (χ3n) is 6.84. The minimum Gasteiger partial charge on any atom is -0.351 e. The van der Waals surface area contributed by atoms with Crippen molar-refractivity contribution in [1.29, 1.82) is 0 Å². The number of hydrogen-bond donors (Lipinski definition) is 2. The molecule has 2 amide bonds. The molecule has 5 heterocycles. The number of nitrogens with zero attached hydrogens (tertiary/aromatic N) is 4. The number of carbonyl (C=O) groups is 2. The molecule has 0 saturated carbocycles. The fourth-order valence-electron chi connectivity index (χ4n) is 5.18. The summed E-state index contributed by atoms with van der Waals surface area (Å²) in [4.78, 5) is 39.0. The van der Waals surface area contributed by atoms with Crippen LogP contribution in [0.1, 0.15) is 48.5 Å². The highest BCUT2D eigenvalue weighted by Crippen LogP contribution is 2.34. The van der Waals surface area contributed by atoms with Gasteiger partial charge in [-0.15, -0.1) is 0 Å². The van der Waals surface area contributed by atoms with Gasteiger partial charge in [0.25, 0.3) is 5.91 Å². The van der Waals surface area contributed by atoms with Gasteiger partial charge in [0.05, 0.1) is 6.42 Å². The second-order valence-electron chi connectivity index (χ2n) is 9.05. The van der Waals surface area contributed by atoms with Crippen molar-refractivity contribution in [2.75, 3.05) is 36.4 Å². The third kappa shape index (κ3) is 4.19. The van der Waals surface area contributed by atoms with Crippen molar-refractivity contribution >= 4 is 29.3 Å². The van der Waals surface area contributed by atoms with E-state index in [0.29, 0.717) is 30.4 Å². The Bertz CT molecular complexity index is 1010. The van der Waals surface area contributed by atoms with Crippen LogP contribution >= 0.6 is 0 Å². The average molecular weight is 435 g/mol. The van der Waals surface area contributed by atoms with Crippen molar-refractivity contribution in [3.05, 3.63) is 41.6 Å². The summed E-state index contributed by atoms with van der Waals surface area (Å²) in [7, 11) is 0. The first-order valence-corrected chi connectivity index (χ1v) is 11.7. The predicted molar refractivity (Wildman–Crippen MR) is 123 cm³/mol. The summed E-state index contributed by atoms with van der Waals surface area (Å²) in [6.07, 6.45) is 6.32. The van der Waals surface area contributed by atoms with E-state index < -0.39 is 0 Å². The molecule has 6 bridgehead atoms. The minimum absolute atomic E-state index is 0.0554. The molecule has 1 aromatic carbocycles. The molecule has 0 radical (unpaired) electrons. The number of hydrogen-bond acceptors (Lipinski definition) is 6. The van der Waals surface area contributed by atoms with Gasteiger partial charge in [-0.1, -0.05) is 6.92 Å². The van der Waals surface area contributed by atoms with E-state index >= 15 is 0 Å². The molecule has 0 aliphatic carbocycles. The molecule has 1 aromatic heterocycles. The predicted octanol–water partition coefficient (Wildman–Crippen LogP) is 2.73. The topological polar surface area (TPSA) is 90.5 Å². The van der Waals surface area contributed by atoms with E-state index in [9.17, 15) is 9.59 Å². The summed E-state index contributed by atoms with van der Waals surface area (Å²) in [5, 5.41) is 6.26. The molecule has 6 rings (SSSR count). The van der Waals surface area contributed by atoms with Gasteiger partial charge in [-0.2, -0.15) is 4.98 Å². The fraction of sp³-hybridized carbons (Fsp3) is 0.500. The van der Waals surface area contributed by atoms with E-state index in [-0.39, 0.29) is 17.9 Å². The number of piperidine rings is 1. The highest BCUT2D eigenvalue weighted by atomic mass is 16.2. The lowest BCUT2D eigenvalue weighted by Gasteiger charge is -2.36. The molecule has 4 aliphatic heterocycles. The molecule has 168 valence electrons. The zero-order chi connectivity index (χ0) is 22.1. The number of aromatic nitrogens is 2. The Morgan fingerprint density at radius 3 is 2.81 bits per heavy atom. The normalized spacial score (nSPS) is 25.7. The smallest absolute Gasteiger partial charge is 0.251 e. The highest BCUT2D eigenvalue weighted by molar-refractivity contribution is 6.00. The highest BCUT2D eigenvalue weighted by Gasteiger charge is 2.36. The first kappa shape index (κ1) is 20.9. The van der Waals surface area contributed by atoms with Crippen LogP contribution < -0.4 is 15.5 Å². The lowest BCUT2D eigenvalue weighted by molar-refractivity contribution is -0.117. The van der Waals surface area contributed by atoms with Gasteiger partial charge in [-0.05, 0) is 62.4 Å². The Hall–Kier alpha value is -3.00. The summed E-state index contributed by atoms with van der Waals surface area (Å²) in [5.74, 6) is 1.80. The van der Waals surface area contributed by atoms with E-state index in [4.69, 9.17) is 4.98 Å². The SMILES string of the molecule is CCC1CC2CCCN(CCNC(=O)c3ccc(cc3)Nc3ncc4c(n3)N1C(=O)C4)C2. The van der Waals surface area contributed by atoms with Crippen LogP contribution in [0.2, 0.25) is 0 Å². The van der Waals surface area contributed by atoms with Crippen molar-refractivity contribution in [2.24, 2.45) is 5.92 Å². The summed E-state index contributed by atoms with van der Waals surface area (Å²) in [5.41, 5.74) is 2.32. The molecule has 1 fully saturated rings. The second kappa shape index (κ2) is 8.86. The van der Waals surface area contributed by atoms with Crippen LogP contribution in [0, 0.1) is 5.92 Å². The number of amides is 2. The van der Waals surface area contributed by atoms with Crippen LogP contribution in [0.25, 0.3) is 0 Å². The lowest BCUT2D eigenvalue weighted by Crippen LogP contribution is -2.44. The molecule has 2 N–H and O–H groups in total. The van der Waals surface area contributed by atoms with Crippen LogP contribution in [0.15, 0.2) is 30.5 Å². The van der Waals surface area contributed by atoms with Crippen LogP contribution in [-0.4, -0.2) is 58.9 Å². The monoisotopic (exact) mass is 434 g/mol. The number of fused-ring (bicyclic) bond motifs is 6. The van der Waals surface area contributed by atoms with Crippen LogP contribution in [0.3, 0.4) is 0 Å². The van der Waals surface area contributed by atoms with Gasteiger partial charge in [0.15, 0.2) is 0 Å². The molecule has 1 saturated heterocycles. The second-order valence-corrected chi connectivity index (χ2v) is 9.05. The number of anilines is 3. The summed E-state index contributed by atoms with van der Waals surface area (Å²) >= 11 is 0. The van der Waals surface area contributed by atoms with Gasteiger partial charge >= 0.3 is 0 Å².